The molecule has 1 atom stereocenters. The van der Waals surface area contributed by atoms with Crippen LogP contribution in [0.25, 0.3) is 0 Å². The highest BCUT2D eigenvalue weighted by Crippen LogP contribution is 2.21. The molecule has 0 radical (unpaired) electrons. The number of aryl methyl sites for hydroxylation is 1. The van der Waals surface area contributed by atoms with Gasteiger partial charge >= 0.3 is 5.97 Å². The predicted octanol–water partition coefficient (Wildman–Crippen LogP) is 3.37. The highest BCUT2D eigenvalue weighted by atomic mass is 32.1. The predicted molar refractivity (Wildman–Crippen MR) is 77.2 cm³/mol. The zero-order valence-corrected chi connectivity index (χ0v) is 11.7. The Morgan fingerprint density at radius 1 is 1.53 bits per heavy atom. The summed E-state index contributed by atoms with van der Waals surface area (Å²) < 4.78 is 0. The molecule has 0 saturated heterocycles. The standard InChI is InChI=1S/C14H16N2O2S/c1-9-3-4-11(14(17)18)12(7-9)16-8-10(2)13-15-5-6-19-13/h3-7,10,16H,8H2,1-2H3,(H,17,18). The maximum Gasteiger partial charge on any atom is 0.337 e. The summed E-state index contributed by atoms with van der Waals surface area (Å²) in [7, 11) is 0. The average Bonchev–Trinajstić information content (AvgIpc) is 2.89. The lowest BCUT2D eigenvalue weighted by Gasteiger charge is -2.13. The van der Waals surface area contributed by atoms with Gasteiger partial charge in [-0.25, -0.2) is 9.78 Å². The second kappa shape index (κ2) is 5.84. The van der Waals surface area contributed by atoms with Crippen molar-refractivity contribution in [3.8, 4) is 0 Å². The van der Waals surface area contributed by atoms with Crippen LogP contribution in [-0.4, -0.2) is 22.6 Å². The first-order valence-corrected chi connectivity index (χ1v) is 6.93. The minimum absolute atomic E-state index is 0.252. The van der Waals surface area contributed by atoms with E-state index in [1.54, 1.807) is 29.7 Å². The number of nitrogens with zero attached hydrogens (tertiary/aromatic N) is 1. The summed E-state index contributed by atoms with van der Waals surface area (Å²) in [5, 5.41) is 15.4. The van der Waals surface area contributed by atoms with E-state index in [1.807, 2.05) is 18.4 Å². The molecule has 19 heavy (non-hydrogen) atoms. The summed E-state index contributed by atoms with van der Waals surface area (Å²) in [5.74, 6) is -0.661. The van der Waals surface area contributed by atoms with Crippen molar-refractivity contribution in [3.05, 3.63) is 45.9 Å². The van der Waals surface area contributed by atoms with Gasteiger partial charge in [-0.3, -0.25) is 0 Å². The van der Waals surface area contributed by atoms with Crippen molar-refractivity contribution >= 4 is 23.0 Å². The Kier molecular flexibility index (Phi) is 4.16. The number of aromatic carboxylic acids is 1. The number of carboxylic acid groups (broad SMARTS) is 1. The van der Waals surface area contributed by atoms with Gasteiger partial charge in [0, 0.05) is 29.7 Å². The molecule has 0 spiro atoms. The van der Waals surface area contributed by atoms with Crippen LogP contribution in [0.5, 0.6) is 0 Å². The van der Waals surface area contributed by atoms with Gasteiger partial charge in [0.05, 0.1) is 10.6 Å². The van der Waals surface area contributed by atoms with Gasteiger partial charge in [0.25, 0.3) is 0 Å². The summed E-state index contributed by atoms with van der Waals surface area (Å²) in [6.07, 6.45) is 1.78. The fraction of sp³-hybridized carbons (Fsp3) is 0.286. The molecule has 2 rings (SSSR count). The third-order valence-electron chi connectivity index (χ3n) is 2.88. The van der Waals surface area contributed by atoms with Crippen LogP contribution < -0.4 is 5.32 Å². The number of rotatable bonds is 5. The van der Waals surface area contributed by atoms with Crippen LogP contribution in [0.1, 0.15) is 33.8 Å². The van der Waals surface area contributed by atoms with Crippen LogP contribution in [-0.2, 0) is 0 Å². The van der Waals surface area contributed by atoms with Gasteiger partial charge in [-0.1, -0.05) is 13.0 Å². The summed E-state index contributed by atoms with van der Waals surface area (Å²) in [5.41, 5.74) is 2.00. The summed E-state index contributed by atoms with van der Waals surface area (Å²) in [4.78, 5) is 15.4. The maximum absolute atomic E-state index is 11.2. The van der Waals surface area contributed by atoms with Crippen LogP contribution in [0, 0.1) is 6.92 Å². The topological polar surface area (TPSA) is 62.2 Å². The third-order valence-corrected chi connectivity index (χ3v) is 3.88. The Hall–Kier alpha value is -1.88. The number of benzene rings is 1. The molecule has 5 heteroatoms. The van der Waals surface area contributed by atoms with Crippen molar-refractivity contribution < 1.29 is 9.90 Å². The molecular weight excluding hydrogens is 260 g/mol. The minimum Gasteiger partial charge on any atom is -0.478 e. The first-order valence-electron chi connectivity index (χ1n) is 6.05. The quantitative estimate of drug-likeness (QED) is 0.879. The largest absolute Gasteiger partial charge is 0.478 e. The minimum atomic E-state index is -0.913. The molecule has 2 aromatic rings. The van der Waals surface area contributed by atoms with E-state index in [9.17, 15) is 4.79 Å². The molecule has 0 saturated carbocycles. The highest BCUT2D eigenvalue weighted by molar-refractivity contribution is 7.09. The number of aromatic nitrogens is 1. The van der Waals surface area contributed by atoms with Crippen LogP contribution in [0.2, 0.25) is 0 Å². The first kappa shape index (κ1) is 13.5. The molecule has 0 aliphatic carbocycles. The molecule has 1 unspecified atom stereocenters. The second-order valence-corrected chi connectivity index (χ2v) is 5.43. The van der Waals surface area contributed by atoms with Crippen LogP contribution in [0.3, 0.4) is 0 Å². The van der Waals surface area contributed by atoms with E-state index in [0.717, 1.165) is 10.6 Å². The number of hydrogen-bond donors (Lipinski definition) is 2. The average molecular weight is 276 g/mol. The Labute approximate surface area is 116 Å². The number of thiazole rings is 1. The zero-order valence-electron chi connectivity index (χ0n) is 10.9. The van der Waals surface area contributed by atoms with E-state index in [-0.39, 0.29) is 5.92 Å². The van der Waals surface area contributed by atoms with Crippen LogP contribution in [0.4, 0.5) is 5.69 Å². The van der Waals surface area contributed by atoms with E-state index in [0.29, 0.717) is 17.8 Å². The molecule has 1 aromatic heterocycles. The third kappa shape index (κ3) is 3.32. The van der Waals surface area contributed by atoms with Crippen molar-refractivity contribution in [3.63, 3.8) is 0 Å². The Bertz CT molecular complexity index is 567. The number of nitrogens with one attached hydrogen (secondary N) is 1. The van der Waals surface area contributed by atoms with Gasteiger partial charge in [0.2, 0.25) is 0 Å². The highest BCUT2D eigenvalue weighted by Gasteiger charge is 2.12. The van der Waals surface area contributed by atoms with E-state index in [1.165, 1.54) is 0 Å². The molecular formula is C14H16N2O2S. The summed E-state index contributed by atoms with van der Waals surface area (Å²) in [6, 6.07) is 5.30. The van der Waals surface area contributed by atoms with Crippen LogP contribution in [0.15, 0.2) is 29.8 Å². The number of anilines is 1. The molecule has 0 amide bonds. The Balaban J connectivity index is 2.10. The van der Waals surface area contributed by atoms with E-state index >= 15 is 0 Å². The normalized spacial score (nSPS) is 12.1. The molecule has 2 N–H and O–H groups in total. The molecule has 4 nitrogen and oxygen atoms in total. The van der Waals surface area contributed by atoms with E-state index in [4.69, 9.17) is 5.11 Å². The Morgan fingerprint density at radius 3 is 2.95 bits per heavy atom. The fourth-order valence-electron chi connectivity index (χ4n) is 1.82. The lowest BCUT2D eigenvalue weighted by atomic mass is 10.1. The molecule has 0 aliphatic rings. The van der Waals surface area contributed by atoms with Crippen LogP contribution >= 0.6 is 11.3 Å². The second-order valence-electron chi connectivity index (χ2n) is 4.51. The van der Waals surface area contributed by atoms with Crippen molar-refractivity contribution in [2.24, 2.45) is 0 Å². The molecule has 1 aromatic carbocycles. The monoisotopic (exact) mass is 276 g/mol. The lowest BCUT2D eigenvalue weighted by Crippen LogP contribution is -2.12. The van der Waals surface area contributed by atoms with Gasteiger partial charge in [-0.05, 0) is 24.6 Å². The van der Waals surface area contributed by atoms with Gasteiger partial charge in [-0.15, -0.1) is 11.3 Å². The fourth-order valence-corrected chi connectivity index (χ4v) is 2.52. The number of carboxylic acids is 1. The molecule has 1 heterocycles. The molecule has 0 bridgehead atoms. The van der Waals surface area contributed by atoms with Crippen molar-refractivity contribution in [2.75, 3.05) is 11.9 Å². The van der Waals surface area contributed by atoms with Crippen molar-refractivity contribution in [2.45, 2.75) is 19.8 Å². The molecule has 100 valence electrons. The van der Waals surface area contributed by atoms with Gasteiger partial charge < -0.3 is 10.4 Å². The van der Waals surface area contributed by atoms with E-state index < -0.39 is 5.97 Å². The first-order chi connectivity index (χ1) is 9.08. The van der Waals surface area contributed by atoms with Crippen molar-refractivity contribution in [1.29, 1.82) is 0 Å². The lowest BCUT2D eigenvalue weighted by molar-refractivity contribution is 0.0698. The molecule has 0 fully saturated rings. The number of carbonyl (C=O) groups is 1. The summed E-state index contributed by atoms with van der Waals surface area (Å²) in [6.45, 7) is 4.68. The maximum atomic E-state index is 11.2. The number of hydrogen-bond acceptors (Lipinski definition) is 4. The molecule has 0 aliphatic heterocycles. The Morgan fingerprint density at radius 2 is 2.32 bits per heavy atom. The zero-order chi connectivity index (χ0) is 13.8. The summed E-state index contributed by atoms with van der Waals surface area (Å²) >= 11 is 1.61. The van der Waals surface area contributed by atoms with Gasteiger partial charge in [0.15, 0.2) is 0 Å². The van der Waals surface area contributed by atoms with E-state index in [2.05, 4.69) is 17.2 Å². The SMILES string of the molecule is Cc1ccc(C(=O)O)c(NCC(C)c2nccs2)c1. The van der Waals surface area contributed by atoms with Crippen molar-refractivity contribution in [1.82, 2.24) is 4.98 Å². The van der Waals surface area contributed by atoms with Gasteiger partial charge in [0.1, 0.15) is 0 Å². The smallest absolute Gasteiger partial charge is 0.337 e. The van der Waals surface area contributed by atoms with Gasteiger partial charge in [-0.2, -0.15) is 0 Å².